The Morgan fingerprint density at radius 3 is 2.28 bits per heavy atom. The van der Waals surface area contributed by atoms with E-state index in [9.17, 15) is 9.90 Å². The fourth-order valence-electron chi connectivity index (χ4n) is 3.05. The van der Waals surface area contributed by atoms with Gasteiger partial charge in [-0.2, -0.15) is 0 Å². The summed E-state index contributed by atoms with van der Waals surface area (Å²) in [5.41, 5.74) is 1.10. The van der Waals surface area contributed by atoms with Crippen LogP contribution in [0.25, 0.3) is 0 Å². The molecular formula is C18H30BNO5. The molecule has 1 aliphatic carbocycles. The third-order valence-corrected chi connectivity index (χ3v) is 4.61. The fourth-order valence-corrected chi connectivity index (χ4v) is 3.05. The Morgan fingerprint density at radius 1 is 1.24 bits per heavy atom. The van der Waals surface area contributed by atoms with Crippen LogP contribution in [0.3, 0.4) is 0 Å². The summed E-state index contributed by atoms with van der Waals surface area (Å²) in [5.74, 6) is 0.249. The zero-order chi connectivity index (χ0) is 18.8. The third kappa shape index (κ3) is 7.36. The first-order valence-electron chi connectivity index (χ1n) is 8.83. The molecule has 0 unspecified atom stereocenters. The Labute approximate surface area is 150 Å². The molecule has 1 aromatic rings. The van der Waals surface area contributed by atoms with Crippen LogP contribution >= 0.6 is 0 Å². The quantitative estimate of drug-likeness (QED) is 0.683. The molecule has 0 bridgehead atoms. The predicted octanol–water partition coefficient (Wildman–Crippen LogP) is 2.50. The van der Waals surface area contributed by atoms with Crippen LogP contribution in [0.1, 0.15) is 32.6 Å². The van der Waals surface area contributed by atoms with Gasteiger partial charge in [-0.1, -0.05) is 19.8 Å². The summed E-state index contributed by atoms with van der Waals surface area (Å²) in [7, 11) is 2.56. The Kier molecular flexibility index (Phi) is 9.38. The van der Waals surface area contributed by atoms with Crippen molar-refractivity contribution >= 4 is 18.8 Å². The van der Waals surface area contributed by atoms with Gasteiger partial charge < -0.3 is 24.8 Å². The van der Waals surface area contributed by atoms with Crippen molar-refractivity contribution in [1.29, 1.82) is 0 Å². The summed E-state index contributed by atoms with van der Waals surface area (Å²) in [4.78, 5) is 13.5. The lowest BCUT2D eigenvalue weighted by Gasteiger charge is -2.32. The van der Waals surface area contributed by atoms with Gasteiger partial charge in [-0.05, 0) is 49.3 Å². The maximum absolute atomic E-state index is 11.3. The second kappa shape index (κ2) is 11.0. The zero-order valence-electron chi connectivity index (χ0n) is 15.4. The topological polar surface area (TPSA) is 90.2 Å². The molecule has 1 aliphatic rings. The number of ether oxygens (including phenoxy) is 1. The Morgan fingerprint density at radius 2 is 1.80 bits per heavy atom. The van der Waals surface area contributed by atoms with E-state index in [1.165, 1.54) is 0 Å². The van der Waals surface area contributed by atoms with Gasteiger partial charge in [0.05, 0.1) is 13.0 Å². The van der Waals surface area contributed by atoms with Crippen LogP contribution in [0.5, 0.6) is 5.75 Å². The number of hydrogen-bond donors (Lipinski definition) is 3. The second-order valence-corrected chi connectivity index (χ2v) is 6.46. The van der Waals surface area contributed by atoms with Gasteiger partial charge in [0.25, 0.3) is 0 Å². The molecule has 7 heteroatoms. The van der Waals surface area contributed by atoms with Crippen molar-refractivity contribution in [2.75, 3.05) is 25.6 Å². The number of hydrogen-bond acceptors (Lipinski definition) is 5. The summed E-state index contributed by atoms with van der Waals surface area (Å²) in [6.45, 7) is 2.49. The number of carbonyl (C=O) groups is 1. The van der Waals surface area contributed by atoms with Crippen LogP contribution in [-0.4, -0.2) is 48.9 Å². The highest BCUT2D eigenvalue weighted by molar-refractivity contribution is 6.40. The average Bonchev–Trinajstić information content (AvgIpc) is 2.62. The van der Waals surface area contributed by atoms with Gasteiger partial charge in [0.15, 0.2) is 0 Å². The molecule has 0 amide bonds. The van der Waals surface area contributed by atoms with E-state index in [4.69, 9.17) is 14.8 Å². The van der Waals surface area contributed by atoms with Crippen LogP contribution in [0, 0.1) is 11.8 Å². The number of rotatable bonds is 6. The predicted molar refractivity (Wildman–Crippen MR) is 100 cm³/mol. The molecule has 0 heterocycles. The number of nitrogens with zero attached hydrogens (tertiary/aromatic N) is 1. The first kappa shape index (κ1) is 21.3. The van der Waals surface area contributed by atoms with Gasteiger partial charge >= 0.3 is 13.1 Å². The van der Waals surface area contributed by atoms with Crippen molar-refractivity contribution in [3.05, 3.63) is 24.3 Å². The van der Waals surface area contributed by atoms with Crippen LogP contribution < -0.4 is 9.64 Å². The van der Waals surface area contributed by atoms with Crippen molar-refractivity contribution in [3.63, 3.8) is 0 Å². The number of carboxylic acids is 1. The lowest BCUT2D eigenvalue weighted by atomic mass is 9.79. The van der Waals surface area contributed by atoms with E-state index in [1.807, 2.05) is 31.3 Å². The molecular weight excluding hydrogens is 321 g/mol. The molecule has 3 N–H and O–H groups in total. The number of methoxy groups -OCH3 is 1. The standard InChI is InChI=1S/C16H23NO3.C2H7BO2/c1-17(13-7-9-14(20-2)10-8-13)11-12-5-3-4-6-15(12)16(18)19;1-2-3(4)5/h7-10,12,15H,3-6,11H2,1-2H3,(H,18,19);4-5H,2H2,1H3/t12-,15-;/m0./s1. The number of carboxylic acid groups (broad SMARTS) is 1. The van der Waals surface area contributed by atoms with Crippen LogP contribution in [0.2, 0.25) is 6.32 Å². The lowest BCUT2D eigenvalue weighted by Crippen LogP contribution is -2.35. The Bertz CT molecular complexity index is 509. The van der Waals surface area contributed by atoms with Crippen molar-refractivity contribution in [2.24, 2.45) is 11.8 Å². The van der Waals surface area contributed by atoms with Crippen molar-refractivity contribution in [2.45, 2.75) is 38.9 Å². The molecule has 1 fully saturated rings. The van der Waals surface area contributed by atoms with E-state index < -0.39 is 13.1 Å². The van der Waals surface area contributed by atoms with Crippen LogP contribution in [0.4, 0.5) is 5.69 Å². The van der Waals surface area contributed by atoms with Crippen LogP contribution in [-0.2, 0) is 4.79 Å². The van der Waals surface area contributed by atoms with E-state index in [0.29, 0.717) is 6.32 Å². The van der Waals surface area contributed by atoms with Gasteiger partial charge in [0.2, 0.25) is 0 Å². The van der Waals surface area contributed by atoms with Crippen LogP contribution in [0.15, 0.2) is 24.3 Å². The molecule has 0 aromatic heterocycles. The molecule has 2 atom stereocenters. The second-order valence-electron chi connectivity index (χ2n) is 6.46. The van der Waals surface area contributed by atoms with Crippen molar-refractivity contribution in [1.82, 2.24) is 0 Å². The van der Waals surface area contributed by atoms with Gasteiger partial charge in [-0.15, -0.1) is 0 Å². The highest BCUT2D eigenvalue weighted by Crippen LogP contribution is 2.32. The van der Waals surface area contributed by atoms with E-state index in [1.54, 1.807) is 14.0 Å². The minimum Gasteiger partial charge on any atom is -0.497 e. The molecule has 0 saturated heterocycles. The smallest absolute Gasteiger partial charge is 0.451 e. The Hall–Kier alpha value is -1.73. The van der Waals surface area contributed by atoms with E-state index in [-0.39, 0.29) is 11.8 Å². The minimum atomic E-state index is -1.12. The summed E-state index contributed by atoms with van der Waals surface area (Å²) >= 11 is 0. The number of aliphatic carboxylic acids is 1. The monoisotopic (exact) mass is 351 g/mol. The molecule has 25 heavy (non-hydrogen) atoms. The molecule has 1 saturated carbocycles. The van der Waals surface area contributed by atoms with Gasteiger partial charge in [0, 0.05) is 19.3 Å². The third-order valence-electron chi connectivity index (χ3n) is 4.61. The van der Waals surface area contributed by atoms with E-state index >= 15 is 0 Å². The SMILES string of the molecule is CCB(O)O.COc1ccc(N(C)C[C@@H]2CCCC[C@@H]2C(=O)O)cc1. The normalized spacial score (nSPS) is 19.4. The maximum atomic E-state index is 11.3. The van der Waals surface area contributed by atoms with Gasteiger partial charge in [-0.25, -0.2) is 0 Å². The molecule has 0 radical (unpaired) electrons. The van der Waals surface area contributed by atoms with Gasteiger partial charge in [0.1, 0.15) is 5.75 Å². The van der Waals surface area contributed by atoms with Crippen molar-refractivity contribution < 1.29 is 24.7 Å². The molecule has 0 spiro atoms. The molecule has 1 aromatic carbocycles. The summed E-state index contributed by atoms with van der Waals surface area (Å²) < 4.78 is 5.15. The lowest BCUT2D eigenvalue weighted by molar-refractivity contribution is -0.144. The first-order chi connectivity index (χ1) is 11.9. The first-order valence-corrected chi connectivity index (χ1v) is 8.83. The maximum Gasteiger partial charge on any atom is 0.451 e. The summed E-state index contributed by atoms with van der Waals surface area (Å²) in [5, 5.41) is 25.2. The van der Waals surface area contributed by atoms with Gasteiger partial charge in [-0.3, -0.25) is 4.79 Å². The summed E-state index contributed by atoms with van der Waals surface area (Å²) in [6.07, 6.45) is 4.43. The highest BCUT2D eigenvalue weighted by Gasteiger charge is 2.31. The molecule has 0 aliphatic heterocycles. The largest absolute Gasteiger partial charge is 0.497 e. The Balaban J connectivity index is 0.000000550. The number of anilines is 1. The molecule has 2 rings (SSSR count). The molecule has 6 nitrogen and oxygen atoms in total. The molecule has 140 valence electrons. The zero-order valence-corrected chi connectivity index (χ0v) is 15.4. The van der Waals surface area contributed by atoms with E-state index in [2.05, 4.69) is 4.90 Å². The fraction of sp³-hybridized carbons (Fsp3) is 0.611. The highest BCUT2D eigenvalue weighted by atomic mass is 16.5. The van der Waals surface area contributed by atoms with E-state index in [0.717, 1.165) is 43.7 Å². The average molecular weight is 351 g/mol. The van der Waals surface area contributed by atoms with Crippen molar-refractivity contribution in [3.8, 4) is 5.75 Å². The summed E-state index contributed by atoms with van der Waals surface area (Å²) in [6, 6.07) is 7.89. The minimum absolute atomic E-state index is 0.190. The number of benzene rings is 1.